The van der Waals surface area contributed by atoms with Crippen molar-refractivity contribution in [3.8, 4) is 5.75 Å². The highest BCUT2D eigenvalue weighted by molar-refractivity contribution is 5.76. The van der Waals surface area contributed by atoms with Crippen molar-refractivity contribution in [3.05, 3.63) is 29.8 Å². The van der Waals surface area contributed by atoms with Crippen LogP contribution >= 0.6 is 0 Å². The summed E-state index contributed by atoms with van der Waals surface area (Å²) in [7, 11) is 0. The van der Waals surface area contributed by atoms with Crippen LogP contribution in [0.3, 0.4) is 0 Å². The summed E-state index contributed by atoms with van der Waals surface area (Å²) in [6, 6.07) is 8.42. The molecule has 1 fully saturated rings. The average molecular weight is 262 g/mol. The summed E-state index contributed by atoms with van der Waals surface area (Å²) in [6.07, 6.45) is 2.68. The van der Waals surface area contributed by atoms with Crippen LogP contribution in [0, 0.1) is 0 Å². The van der Waals surface area contributed by atoms with E-state index in [1.807, 2.05) is 24.3 Å². The Labute approximate surface area is 114 Å². The lowest BCUT2D eigenvalue weighted by molar-refractivity contribution is -0.121. The molecule has 4 heteroatoms. The first-order valence-electron chi connectivity index (χ1n) is 6.99. The highest BCUT2D eigenvalue weighted by Crippen LogP contribution is 2.18. The first-order valence-corrected chi connectivity index (χ1v) is 6.99. The minimum atomic E-state index is 0.0891. The number of ether oxygens (including phenoxy) is 1. The van der Waals surface area contributed by atoms with Gasteiger partial charge in [-0.25, -0.2) is 0 Å². The molecule has 0 bridgehead atoms. The Hall–Kier alpha value is -1.55. The molecular weight excluding hydrogens is 240 g/mol. The molecule has 1 aromatic rings. The lowest BCUT2D eigenvalue weighted by Crippen LogP contribution is -2.26. The zero-order valence-corrected chi connectivity index (χ0v) is 11.4. The topological polar surface area (TPSA) is 50.4 Å². The van der Waals surface area contributed by atoms with E-state index in [-0.39, 0.29) is 5.91 Å². The molecule has 0 aliphatic heterocycles. The second-order valence-corrected chi connectivity index (χ2v) is 4.86. The van der Waals surface area contributed by atoms with E-state index in [9.17, 15) is 4.79 Å². The van der Waals surface area contributed by atoms with E-state index in [4.69, 9.17) is 4.74 Å². The van der Waals surface area contributed by atoms with Gasteiger partial charge in [0.1, 0.15) is 5.75 Å². The Kier molecular flexibility index (Phi) is 5.21. The summed E-state index contributed by atoms with van der Waals surface area (Å²) >= 11 is 0. The van der Waals surface area contributed by atoms with E-state index in [1.54, 1.807) is 0 Å². The standard InChI is InChI=1S/C15H22N2O2/c1-2-16-11-12-3-7-14(8-4-12)19-10-9-15(18)17-13-5-6-13/h3-4,7-8,13,16H,2,5-6,9-11H2,1H3,(H,17,18). The molecule has 1 amide bonds. The van der Waals surface area contributed by atoms with Gasteiger partial charge >= 0.3 is 0 Å². The molecular formula is C15H22N2O2. The first-order chi connectivity index (χ1) is 9.28. The van der Waals surface area contributed by atoms with E-state index in [2.05, 4.69) is 17.6 Å². The van der Waals surface area contributed by atoms with Crippen molar-refractivity contribution in [2.45, 2.75) is 38.8 Å². The van der Waals surface area contributed by atoms with E-state index in [0.29, 0.717) is 19.1 Å². The smallest absolute Gasteiger partial charge is 0.223 e. The van der Waals surface area contributed by atoms with Gasteiger partial charge in [-0.15, -0.1) is 0 Å². The molecule has 19 heavy (non-hydrogen) atoms. The number of nitrogens with one attached hydrogen (secondary N) is 2. The molecule has 0 unspecified atom stereocenters. The molecule has 1 aromatic carbocycles. The van der Waals surface area contributed by atoms with Crippen LogP contribution in [-0.4, -0.2) is 25.1 Å². The Morgan fingerprint density at radius 3 is 2.68 bits per heavy atom. The van der Waals surface area contributed by atoms with E-state index in [0.717, 1.165) is 31.7 Å². The number of hydrogen-bond donors (Lipinski definition) is 2. The molecule has 0 heterocycles. The molecule has 1 aliphatic rings. The molecule has 0 spiro atoms. The van der Waals surface area contributed by atoms with Crippen LogP contribution in [0.15, 0.2) is 24.3 Å². The quantitative estimate of drug-likeness (QED) is 0.751. The maximum absolute atomic E-state index is 11.5. The molecule has 0 radical (unpaired) electrons. The van der Waals surface area contributed by atoms with Crippen LogP contribution in [0.4, 0.5) is 0 Å². The fourth-order valence-electron chi connectivity index (χ4n) is 1.76. The third kappa shape index (κ3) is 5.30. The van der Waals surface area contributed by atoms with Gasteiger partial charge in [-0.05, 0) is 37.1 Å². The Balaban J connectivity index is 1.65. The zero-order valence-electron chi connectivity index (χ0n) is 11.4. The maximum atomic E-state index is 11.5. The number of hydrogen-bond acceptors (Lipinski definition) is 3. The summed E-state index contributed by atoms with van der Waals surface area (Å²) in [5, 5.41) is 6.22. The van der Waals surface area contributed by atoms with Crippen molar-refractivity contribution in [1.29, 1.82) is 0 Å². The molecule has 1 aliphatic carbocycles. The maximum Gasteiger partial charge on any atom is 0.223 e. The summed E-state index contributed by atoms with van der Waals surface area (Å²) < 4.78 is 5.56. The molecule has 2 N–H and O–H groups in total. The normalized spacial score (nSPS) is 14.2. The molecule has 4 nitrogen and oxygen atoms in total. The lowest BCUT2D eigenvalue weighted by atomic mass is 10.2. The Morgan fingerprint density at radius 1 is 1.32 bits per heavy atom. The van der Waals surface area contributed by atoms with Crippen molar-refractivity contribution >= 4 is 5.91 Å². The number of carbonyl (C=O) groups excluding carboxylic acids is 1. The van der Waals surface area contributed by atoms with Crippen molar-refractivity contribution < 1.29 is 9.53 Å². The predicted octanol–water partition coefficient (Wildman–Crippen LogP) is 1.84. The first kappa shape index (κ1) is 13.9. The number of rotatable bonds is 8. The molecule has 0 aromatic heterocycles. The number of carbonyl (C=O) groups is 1. The molecule has 0 atom stereocenters. The van der Waals surface area contributed by atoms with Crippen LogP contribution in [0.5, 0.6) is 5.75 Å². The third-order valence-corrected chi connectivity index (χ3v) is 3.04. The van der Waals surface area contributed by atoms with Gasteiger partial charge in [-0.2, -0.15) is 0 Å². The molecule has 2 rings (SSSR count). The minimum Gasteiger partial charge on any atom is -0.493 e. The van der Waals surface area contributed by atoms with Crippen LogP contribution in [0.2, 0.25) is 0 Å². The fraction of sp³-hybridized carbons (Fsp3) is 0.533. The van der Waals surface area contributed by atoms with Crippen LogP contribution in [0.25, 0.3) is 0 Å². The highest BCUT2D eigenvalue weighted by Gasteiger charge is 2.22. The summed E-state index contributed by atoms with van der Waals surface area (Å²) in [6.45, 7) is 4.37. The van der Waals surface area contributed by atoms with Crippen LogP contribution in [-0.2, 0) is 11.3 Å². The minimum absolute atomic E-state index is 0.0891. The second-order valence-electron chi connectivity index (χ2n) is 4.86. The largest absolute Gasteiger partial charge is 0.493 e. The Bertz CT molecular complexity index is 399. The van der Waals surface area contributed by atoms with Crippen LogP contribution < -0.4 is 15.4 Å². The molecule has 1 saturated carbocycles. The molecule has 0 saturated heterocycles. The Morgan fingerprint density at radius 2 is 2.05 bits per heavy atom. The zero-order chi connectivity index (χ0) is 13.5. The number of amides is 1. The van der Waals surface area contributed by atoms with Crippen LogP contribution in [0.1, 0.15) is 31.7 Å². The molecule has 104 valence electrons. The van der Waals surface area contributed by atoms with Gasteiger partial charge in [-0.1, -0.05) is 19.1 Å². The third-order valence-electron chi connectivity index (χ3n) is 3.04. The predicted molar refractivity (Wildman–Crippen MR) is 75.1 cm³/mol. The van der Waals surface area contributed by atoms with Gasteiger partial charge < -0.3 is 15.4 Å². The summed E-state index contributed by atoms with van der Waals surface area (Å²) in [5.74, 6) is 0.908. The van der Waals surface area contributed by atoms with E-state index in [1.165, 1.54) is 5.56 Å². The van der Waals surface area contributed by atoms with E-state index >= 15 is 0 Å². The summed E-state index contributed by atoms with van der Waals surface area (Å²) in [5.41, 5.74) is 1.24. The van der Waals surface area contributed by atoms with Gasteiger partial charge in [0.2, 0.25) is 5.91 Å². The van der Waals surface area contributed by atoms with Gasteiger partial charge in [0, 0.05) is 12.6 Å². The SMILES string of the molecule is CCNCc1ccc(OCCC(=O)NC2CC2)cc1. The van der Waals surface area contributed by atoms with Crippen molar-refractivity contribution in [1.82, 2.24) is 10.6 Å². The van der Waals surface area contributed by atoms with Gasteiger partial charge in [0.25, 0.3) is 0 Å². The van der Waals surface area contributed by atoms with E-state index < -0.39 is 0 Å². The number of benzene rings is 1. The van der Waals surface area contributed by atoms with Crippen molar-refractivity contribution in [3.63, 3.8) is 0 Å². The fourth-order valence-corrected chi connectivity index (χ4v) is 1.76. The van der Waals surface area contributed by atoms with Crippen molar-refractivity contribution in [2.75, 3.05) is 13.2 Å². The van der Waals surface area contributed by atoms with Gasteiger partial charge in [0.05, 0.1) is 13.0 Å². The average Bonchev–Trinajstić information content (AvgIpc) is 3.22. The van der Waals surface area contributed by atoms with Gasteiger partial charge in [0.15, 0.2) is 0 Å². The van der Waals surface area contributed by atoms with Crippen molar-refractivity contribution in [2.24, 2.45) is 0 Å². The lowest BCUT2D eigenvalue weighted by Gasteiger charge is -2.08. The highest BCUT2D eigenvalue weighted by atomic mass is 16.5. The second kappa shape index (κ2) is 7.14. The summed E-state index contributed by atoms with van der Waals surface area (Å²) in [4.78, 5) is 11.5. The van der Waals surface area contributed by atoms with Gasteiger partial charge in [-0.3, -0.25) is 4.79 Å². The monoisotopic (exact) mass is 262 g/mol.